The monoisotopic (exact) mass is 279 g/mol. The number of nitrogens with zero attached hydrogens (tertiary/aromatic N) is 1. The summed E-state index contributed by atoms with van der Waals surface area (Å²) in [5.41, 5.74) is 3.63. The van der Waals surface area contributed by atoms with Gasteiger partial charge in [-0.3, -0.25) is 4.99 Å². The topological polar surface area (TPSA) is 40.0 Å². The highest BCUT2D eigenvalue weighted by Gasteiger charge is 2.36. The molecule has 3 aliphatic rings. The Morgan fingerprint density at radius 2 is 1.76 bits per heavy atom. The van der Waals surface area contributed by atoms with Gasteiger partial charge < -0.3 is 14.2 Å². The molecule has 2 atom stereocenters. The molecule has 5 rings (SSSR count). The number of fused-ring (bicyclic) bond motifs is 6. The van der Waals surface area contributed by atoms with Gasteiger partial charge in [0.05, 0.1) is 6.04 Å². The highest BCUT2D eigenvalue weighted by Crippen LogP contribution is 2.47. The SMILES string of the molecule is C1=NC2COc3cc4c(cc3C2c2ccccc21)OCO4. The summed E-state index contributed by atoms with van der Waals surface area (Å²) >= 11 is 0. The minimum Gasteiger partial charge on any atom is -0.491 e. The maximum atomic E-state index is 5.88. The van der Waals surface area contributed by atoms with Crippen molar-refractivity contribution in [2.45, 2.75) is 12.0 Å². The molecule has 2 aromatic carbocycles. The molecule has 0 aliphatic carbocycles. The lowest BCUT2D eigenvalue weighted by molar-refractivity contribution is 0.174. The molecule has 0 aromatic heterocycles. The van der Waals surface area contributed by atoms with E-state index in [0.29, 0.717) is 6.61 Å². The minimum atomic E-state index is 0.132. The molecule has 0 N–H and O–H groups in total. The Morgan fingerprint density at radius 1 is 0.905 bits per heavy atom. The predicted octanol–water partition coefficient (Wildman–Crippen LogP) is 2.74. The number of benzene rings is 2. The first-order valence-corrected chi connectivity index (χ1v) is 7.08. The molecule has 2 aromatic rings. The first kappa shape index (κ1) is 11.2. The van der Waals surface area contributed by atoms with Crippen LogP contribution in [-0.4, -0.2) is 25.7 Å². The van der Waals surface area contributed by atoms with Crippen molar-refractivity contribution in [3.8, 4) is 17.2 Å². The lowest BCUT2D eigenvalue weighted by atomic mass is 9.80. The Bertz CT molecular complexity index is 769. The molecule has 4 nitrogen and oxygen atoms in total. The number of rotatable bonds is 0. The maximum absolute atomic E-state index is 5.88. The van der Waals surface area contributed by atoms with E-state index < -0.39 is 0 Å². The number of hydrogen-bond donors (Lipinski definition) is 0. The zero-order valence-electron chi connectivity index (χ0n) is 11.3. The summed E-state index contributed by atoms with van der Waals surface area (Å²) in [6.07, 6.45) is 1.96. The Morgan fingerprint density at radius 3 is 2.71 bits per heavy atom. The molecule has 0 amide bonds. The fourth-order valence-corrected chi connectivity index (χ4v) is 3.38. The van der Waals surface area contributed by atoms with Gasteiger partial charge in [-0.25, -0.2) is 0 Å². The van der Waals surface area contributed by atoms with Crippen molar-refractivity contribution < 1.29 is 14.2 Å². The Hall–Kier alpha value is -2.49. The minimum absolute atomic E-state index is 0.132. The molecule has 0 saturated carbocycles. The van der Waals surface area contributed by atoms with Crippen LogP contribution in [0.15, 0.2) is 41.4 Å². The van der Waals surface area contributed by atoms with Gasteiger partial charge in [-0.1, -0.05) is 24.3 Å². The molecule has 0 bridgehead atoms. The first-order valence-electron chi connectivity index (χ1n) is 7.08. The van der Waals surface area contributed by atoms with Crippen LogP contribution in [0.25, 0.3) is 0 Å². The lowest BCUT2D eigenvalue weighted by Gasteiger charge is -2.34. The van der Waals surface area contributed by atoms with Gasteiger partial charge >= 0.3 is 0 Å². The van der Waals surface area contributed by atoms with Crippen molar-refractivity contribution >= 4 is 6.21 Å². The highest BCUT2D eigenvalue weighted by molar-refractivity contribution is 5.84. The van der Waals surface area contributed by atoms with Crippen LogP contribution in [-0.2, 0) is 0 Å². The molecule has 21 heavy (non-hydrogen) atoms. The van der Waals surface area contributed by atoms with Gasteiger partial charge in [-0.15, -0.1) is 0 Å². The summed E-state index contributed by atoms with van der Waals surface area (Å²) < 4.78 is 16.8. The number of aliphatic imine (C=N–C) groups is 1. The van der Waals surface area contributed by atoms with Gasteiger partial charge in [0.25, 0.3) is 0 Å². The zero-order valence-corrected chi connectivity index (χ0v) is 11.3. The van der Waals surface area contributed by atoms with E-state index in [1.54, 1.807) is 0 Å². The Labute approximate surface area is 122 Å². The van der Waals surface area contributed by atoms with E-state index in [1.807, 2.05) is 24.4 Å². The third-order valence-electron chi connectivity index (χ3n) is 4.37. The lowest BCUT2D eigenvalue weighted by Crippen LogP contribution is -2.33. The second kappa shape index (κ2) is 4.01. The van der Waals surface area contributed by atoms with Crippen molar-refractivity contribution in [1.82, 2.24) is 0 Å². The molecule has 3 heterocycles. The molecule has 4 heteroatoms. The average molecular weight is 279 g/mol. The normalized spacial score (nSPS) is 23.8. The molecule has 0 radical (unpaired) electrons. The van der Waals surface area contributed by atoms with Crippen molar-refractivity contribution in [1.29, 1.82) is 0 Å². The summed E-state index contributed by atoms with van der Waals surface area (Å²) in [5.74, 6) is 2.67. The van der Waals surface area contributed by atoms with E-state index in [9.17, 15) is 0 Å². The van der Waals surface area contributed by atoms with E-state index in [1.165, 1.54) is 11.1 Å². The van der Waals surface area contributed by atoms with Crippen LogP contribution in [0.1, 0.15) is 22.6 Å². The van der Waals surface area contributed by atoms with Gasteiger partial charge in [0.2, 0.25) is 6.79 Å². The molecule has 0 spiro atoms. The third kappa shape index (κ3) is 1.53. The Kier molecular flexibility index (Phi) is 2.14. The van der Waals surface area contributed by atoms with Crippen LogP contribution in [0, 0.1) is 0 Å². The summed E-state index contributed by atoms with van der Waals surface area (Å²) in [4.78, 5) is 4.66. The second-order valence-corrected chi connectivity index (χ2v) is 5.51. The number of hydrogen-bond acceptors (Lipinski definition) is 4. The van der Waals surface area contributed by atoms with Crippen LogP contribution < -0.4 is 14.2 Å². The maximum Gasteiger partial charge on any atom is 0.231 e. The van der Waals surface area contributed by atoms with Gasteiger partial charge in [0.15, 0.2) is 11.5 Å². The Balaban J connectivity index is 1.73. The summed E-state index contributed by atoms with van der Waals surface area (Å²) in [7, 11) is 0. The van der Waals surface area contributed by atoms with Crippen molar-refractivity contribution in [2.24, 2.45) is 4.99 Å². The van der Waals surface area contributed by atoms with Crippen LogP contribution >= 0.6 is 0 Å². The molecular weight excluding hydrogens is 266 g/mol. The van der Waals surface area contributed by atoms with Gasteiger partial charge in [-0.2, -0.15) is 0 Å². The largest absolute Gasteiger partial charge is 0.491 e. The first-order chi connectivity index (χ1) is 10.4. The van der Waals surface area contributed by atoms with E-state index in [4.69, 9.17) is 14.2 Å². The molecule has 0 fully saturated rings. The molecule has 3 aliphatic heterocycles. The molecular formula is C17H13NO3. The van der Waals surface area contributed by atoms with E-state index in [-0.39, 0.29) is 18.8 Å². The van der Waals surface area contributed by atoms with Gasteiger partial charge in [-0.05, 0) is 17.2 Å². The smallest absolute Gasteiger partial charge is 0.231 e. The van der Waals surface area contributed by atoms with Crippen LogP contribution in [0.2, 0.25) is 0 Å². The number of ether oxygens (including phenoxy) is 3. The van der Waals surface area contributed by atoms with E-state index >= 15 is 0 Å². The molecule has 0 saturated heterocycles. The standard InChI is InChI=1S/C17H13NO3/c1-2-4-11-10(3-1)7-18-13-8-19-14-6-16-15(20-9-21-16)5-12(14)17(11)13/h1-7,13,17H,8-9H2. The summed E-state index contributed by atoms with van der Waals surface area (Å²) in [5, 5.41) is 0. The fraction of sp³-hybridized carbons (Fsp3) is 0.235. The second-order valence-electron chi connectivity index (χ2n) is 5.51. The van der Waals surface area contributed by atoms with Gasteiger partial charge in [0, 0.05) is 23.8 Å². The highest BCUT2D eigenvalue weighted by atomic mass is 16.7. The molecule has 2 unspecified atom stereocenters. The van der Waals surface area contributed by atoms with Crippen molar-refractivity contribution in [3.05, 3.63) is 53.1 Å². The zero-order chi connectivity index (χ0) is 13.8. The van der Waals surface area contributed by atoms with Crippen LogP contribution in [0.5, 0.6) is 17.2 Å². The predicted molar refractivity (Wildman–Crippen MR) is 77.7 cm³/mol. The van der Waals surface area contributed by atoms with E-state index in [2.05, 4.69) is 23.2 Å². The molecule has 104 valence electrons. The quantitative estimate of drug-likeness (QED) is 0.744. The van der Waals surface area contributed by atoms with Crippen molar-refractivity contribution in [3.63, 3.8) is 0 Å². The van der Waals surface area contributed by atoms with E-state index in [0.717, 1.165) is 22.8 Å². The summed E-state index contributed by atoms with van der Waals surface area (Å²) in [6, 6.07) is 12.5. The van der Waals surface area contributed by atoms with Gasteiger partial charge in [0.1, 0.15) is 12.4 Å². The van der Waals surface area contributed by atoms with Crippen LogP contribution in [0.4, 0.5) is 0 Å². The van der Waals surface area contributed by atoms with Crippen LogP contribution in [0.3, 0.4) is 0 Å². The fourth-order valence-electron chi connectivity index (χ4n) is 3.38. The van der Waals surface area contributed by atoms with Crippen molar-refractivity contribution in [2.75, 3.05) is 13.4 Å². The third-order valence-corrected chi connectivity index (χ3v) is 4.37. The summed E-state index contributed by atoms with van der Waals surface area (Å²) in [6.45, 7) is 0.878. The average Bonchev–Trinajstić information content (AvgIpc) is 2.99.